The van der Waals surface area contributed by atoms with Gasteiger partial charge in [0, 0.05) is 0 Å². The van der Waals surface area contributed by atoms with Gasteiger partial charge in [0.05, 0.1) is 0 Å². The van der Waals surface area contributed by atoms with Gasteiger partial charge in [0.1, 0.15) is 5.75 Å². The van der Waals surface area contributed by atoms with Crippen molar-refractivity contribution >= 4 is 23.2 Å². The zero-order valence-corrected chi connectivity index (χ0v) is 10.7. The molecule has 1 aromatic heterocycles. The van der Waals surface area contributed by atoms with Crippen LogP contribution in [0.15, 0.2) is 18.2 Å². The molecule has 88 valence electrons. The van der Waals surface area contributed by atoms with E-state index in [1.807, 2.05) is 32.0 Å². The highest BCUT2D eigenvalue weighted by molar-refractivity contribution is 6.31. The van der Waals surface area contributed by atoms with Crippen molar-refractivity contribution in [3.63, 3.8) is 0 Å². The lowest BCUT2D eigenvalue weighted by Crippen LogP contribution is -1.96. The summed E-state index contributed by atoms with van der Waals surface area (Å²) in [6.45, 7) is 3.94. The minimum absolute atomic E-state index is 0.00540. The number of halogens is 2. The normalized spacial score (nSPS) is 10.4. The maximum absolute atomic E-state index is 5.81. The fraction of sp³-hybridized carbons (Fsp3) is 0.182. The highest BCUT2D eigenvalue weighted by Gasteiger charge is 2.10. The number of benzene rings is 1. The Labute approximate surface area is 109 Å². The fourth-order valence-electron chi connectivity index (χ4n) is 1.36. The standard InChI is InChI=1S/C11H9Cl2N3O/c1-6-3-4-8(7(2)5-6)17-10-9(12)15-16-11(13)14-10/h3-5H,1-2H3. The van der Waals surface area contributed by atoms with Gasteiger partial charge in [0.15, 0.2) is 0 Å². The van der Waals surface area contributed by atoms with Crippen molar-refractivity contribution in [1.29, 1.82) is 0 Å². The van der Waals surface area contributed by atoms with Crippen LogP contribution in [0.4, 0.5) is 0 Å². The van der Waals surface area contributed by atoms with Gasteiger partial charge < -0.3 is 4.74 Å². The highest BCUT2D eigenvalue weighted by atomic mass is 35.5. The van der Waals surface area contributed by atoms with E-state index in [1.54, 1.807) is 0 Å². The van der Waals surface area contributed by atoms with Gasteiger partial charge in [0.2, 0.25) is 10.4 Å². The van der Waals surface area contributed by atoms with Crippen LogP contribution in [0.3, 0.4) is 0 Å². The first-order chi connectivity index (χ1) is 8.06. The first kappa shape index (κ1) is 12.1. The smallest absolute Gasteiger partial charge is 0.262 e. The summed E-state index contributed by atoms with van der Waals surface area (Å²) >= 11 is 11.4. The molecule has 2 aromatic rings. The maximum atomic E-state index is 5.81. The van der Waals surface area contributed by atoms with Crippen molar-refractivity contribution in [3.05, 3.63) is 39.8 Å². The Kier molecular flexibility index (Phi) is 3.45. The minimum atomic E-state index is -0.00540. The summed E-state index contributed by atoms with van der Waals surface area (Å²) in [6.07, 6.45) is 0. The van der Waals surface area contributed by atoms with E-state index in [-0.39, 0.29) is 16.3 Å². The molecule has 17 heavy (non-hydrogen) atoms. The van der Waals surface area contributed by atoms with E-state index in [1.165, 1.54) is 0 Å². The van der Waals surface area contributed by atoms with Crippen molar-refractivity contribution in [2.24, 2.45) is 0 Å². The van der Waals surface area contributed by atoms with Crippen LogP contribution in [0.25, 0.3) is 0 Å². The summed E-state index contributed by atoms with van der Waals surface area (Å²) in [4.78, 5) is 3.87. The predicted molar refractivity (Wildman–Crippen MR) is 65.8 cm³/mol. The Hall–Kier alpha value is -1.39. The number of rotatable bonds is 2. The van der Waals surface area contributed by atoms with Crippen molar-refractivity contribution in [2.75, 3.05) is 0 Å². The molecule has 0 N–H and O–H groups in total. The van der Waals surface area contributed by atoms with Crippen LogP contribution in [-0.4, -0.2) is 15.2 Å². The largest absolute Gasteiger partial charge is 0.436 e. The van der Waals surface area contributed by atoms with Crippen LogP contribution < -0.4 is 4.74 Å². The van der Waals surface area contributed by atoms with Crippen molar-refractivity contribution in [3.8, 4) is 11.6 Å². The van der Waals surface area contributed by atoms with Gasteiger partial charge in [-0.3, -0.25) is 0 Å². The summed E-state index contributed by atoms with van der Waals surface area (Å²) in [6, 6.07) is 5.78. The number of ether oxygens (including phenoxy) is 1. The topological polar surface area (TPSA) is 47.9 Å². The Morgan fingerprint density at radius 1 is 1.12 bits per heavy atom. The fourth-order valence-corrected chi connectivity index (χ4v) is 1.60. The van der Waals surface area contributed by atoms with Gasteiger partial charge in [-0.05, 0) is 37.1 Å². The highest BCUT2D eigenvalue weighted by Crippen LogP contribution is 2.28. The van der Waals surface area contributed by atoms with Crippen LogP contribution in [0.5, 0.6) is 11.6 Å². The van der Waals surface area contributed by atoms with Gasteiger partial charge in [-0.25, -0.2) is 0 Å². The summed E-state index contributed by atoms with van der Waals surface area (Å²) in [5.74, 6) is 0.813. The minimum Gasteiger partial charge on any atom is -0.436 e. The Morgan fingerprint density at radius 2 is 1.88 bits per heavy atom. The molecule has 6 heteroatoms. The summed E-state index contributed by atoms with van der Waals surface area (Å²) in [5, 5.41) is 7.20. The summed E-state index contributed by atoms with van der Waals surface area (Å²) in [5.41, 5.74) is 2.13. The molecule has 1 heterocycles. The molecule has 0 aliphatic rings. The van der Waals surface area contributed by atoms with Gasteiger partial charge >= 0.3 is 0 Å². The monoisotopic (exact) mass is 269 g/mol. The molecule has 0 bridgehead atoms. The molecule has 0 saturated carbocycles. The van der Waals surface area contributed by atoms with E-state index in [9.17, 15) is 0 Å². The van der Waals surface area contributed by atoms with E-state index >= 15 is 0 Å². The van der Waals surface area contributed by atoms with Gasteiger partial charge in [-0.15, -0.1) is 10.2 Å². The van der Waals surface area contributed by atoms with E-state index in [4.69, 9.17) is 27.9 Å². The Bertz CT molecular complexity index is 560. The van der Waals surface area contributed by atoms with E-state index in [0.29, 0.717) is 5.75 Å². The second-order valence-corrected chi connectivity index (χ2v) is 4.24. The van der Waals surface area contributed by atoms with Crippen molar-refractivity contribution in [2.45, 2.75) is 13.8 Å². The van der Waals surface area contributed by atoms with Crippen LogP contribution in [0, 0.1) is 13.8 Å². The number of hydrogen-bond donors (Lipinski definition) is 0. The lowest BCUT2D eigenvalue weighted by atomic mass is 10.1. The Balaban J connectivity index is 2.34. The SMILES string of the molecule is Cc1ccc(Oc2nc(Cl)nnc2Cl)c(C)c1. The first-order valence-electron chi connectivity index (χ1n) is 4.87. The number of aromatic nitrogens is 3. The van der Waals surface area contributed by atoms with Crippen LogP contribution in [0.1, 0.15) is 11.1 Å². The number of nitrogens with zero attached hydrogens (tertiary/aromatic N) is 3. The molecule has 1 aromatic carbocycles. The lowest BCUT2D eigenvalue weighted by molar-refractivity contribution is 0.454. The molecule has 0 atom stereocenters. The molecule has 0 unspecified atom stereocenters. The van der Waals surface area contributed by atoms with E-state index in [2.05, 4.69) is 15.2 Å². The molecule has 0 fully saturated rings. The average Bonchev–Trinajstić information content (AvgIpc) is 2.27. The molecule has 4 nitrogen and oxygen atoms in total. The number of hydrogen-bond acceptors (Lipinski definition) is 4. The summed E-state index contributed by atoms with van der Waals surface area (Å²) < 4.78 is 5.55. The van der Waals surface area contributed by atoms with E-state index < -0.39 is 0 Å². The van der Waals surface area contributed by atoms with Crippen LogP contribution >= 0.6 is 23.2 Å². The van der Waals surface area contributed by atoms with Crippen molar-refractivity contribution in [1.82, 2.24) is 15.2 Å². The van der Waals surface area contributed by atoms with Crippen molar-refractivity contribution < 1.29 is 4.74 Å². The molecular weight excluding hydrogens is 261 g/mol. The average molecular weight is 270 g/mol. The summed E-state index contributed by atoms with van der Waals surface area (Å²) in [7, 11) is 0. The predicted octanol–water partition coefficient (Wildman–Crippen LogP) is 3.59. The van der Waals surface area contributed by atoms with Gasteiger partial charge in [-0.2, -0.15) is 4.98 Å². The second-order valence-electron chi connectivity index (χ2n) is 3.55. The quantitative estimate of drug-likeness (QED) is 0.836. The third-order valence-electron chi connectivity index (χ3n) is 2.13. The zero-order chi connectivity index (χ0) is 12.4. The third-order valence-corrected chi connectivity index (χ3v) is 2.53. The third kappa shape index (κ3) is 2.84. The lowest BCUT2D eigenvalue weighted by Gasteiger charge is -2.08. The van der Waals surface area contributed by atoms with Crippen LogP contribution in [-0.2, 0) is 0 Å². The molecule has 0 amide bonds. The molecule has 0 aliphatic carbocycles. The van der Waals surface area contributed by atoms with Crippen LogP contribution in [0.2, 0.25) is 10.4 Å². The number of aryl methyl sites for hydroxylation is 2. The van der Waals surface area contributed by atoms with E-state index in [0.717, 1.165) is 11.1 Å². The molecular formula is C11H9Cl2N3O. The molecule has 2 rings (SSSR count). The maximum Gasteiger partial charge on any atom is 0.262 e. The molecule has 0 spiro atoms. The first-order valence-corrected chi connectivity index (χ1v) is 5.62. The van der Waals surface area contributed by atoms with Gasteiger partial charge in [0.25, 0.3) is 5.88 Å². The molecule has 0 radical (unpaired) electrons. The molecule has 0 saturated heterocycles. The Morgan fingerprint density at radius 3 is 2.59 bits per heavy atom. The second kappa shape index (κ2) is 4.85. The molecule has 0 aliphatic heterocycles. The zero-order valence-electron chi connectivity index (χ0n) is 9.24. The van der Waals surface area contributed by atoms with Gasteiger partial charge in [-0.1, -0.05) is 29.3 Å².